The fraction of sp³-hybridized carbons (Fsp3) is 0.294. The van der Waals surface area contributed by atoms with Gasteiger partial charge in [-0.05, 0) is 37.1 Å². The van der Waals surface area contributed by atoms with E-state index >= 15 is 0 Å². The third-order valence-corrected chi connectivity index (χ3v) is 4.95. The molecule has 5 heteroatoms. The average molecular weight is 319 g/mol. The molecule has 2 aromatic rings. The minimum Gasteiger partial charge on any atom is -0.374 e. The Kier molecular flexibility index (Phi) is 6.20. The van der Waals surface area contributed by atoms with E-state index in [0.29, 0.717) is 13.2 Å². The lowest BCUT2D eigenvalue weighted by molar-refractivity contribution is 0.221. The Hall–Kier alpha value is -1.61. The van der Waals surface area contributed by atoms with Gasteiger partial charge in [0.2, 0.25) is 0 Å². The second kappa shape index (κ2) is 8.14. The Morgan fingerprint density at radius 2 is 1.55 bits per heavy atom. The van der Waals surface area contributed by atoms with Crippen molar-refractivity contribution in [2.75, 3.05) is 24.8 Å². The van der Waals surface area contributed by atoms with Crippen LogP contribution in [0, 0.1) is 0 Å². The lowest BCUT2D eigenvalue weighted by Crippen LogP contribution is -2.08. The minimum absolute atomic E-state index is 0.160. The molecule has 0 aromatic heterocycles. The van der Waals surface area contributed by atoms with Crippen LogP contribution in [0.1, 0.15) is 13.8 Å². The monoisotopic (exact) mass is 319 g/mol. The summed E-state index contributed by atoms with van der Waals surface area (Å²) in [5.41, 5.74) is 3.14. The first-order chi connectivity index (χ1) is 10.7. The van der Waals surface area contributed by atoms with Gasteiger partial charge in [0.05, 0.1) is 13.2 Å². The molecule has 0 unspecified atom stereocenters. The third-order valence-electron chi connectivity index (χ3n) is 3.10. The predicted molar refractivity (Wildman–Crippen MR) is 91.2 cm³/mol. The van der Waals surface area contributed by atoms with Gasteiger partial charge >= 0.3 is 7.60 Å². The summed E-state index contributed by atoms with van der Waals surface area (Å²) in [4.78, 5) is 0. The van der Waals surface area contributed by atoms with Crippen molar-refractivity contribution in [3.63, 3.8) is 0 Å². The number of rotatable bonds is 8. The molecule has 0 heterocycles. The summed E-state index contributed by atoms with van der Waals surface area (Å²) in [5.74, 6) is 0. The van der Waals surface area contributed by atoms with Crippen LogP contribution in [0.5, 0.6) is 0 Å². The summed E-state index contributed by atoms with van der Waals surface area (Å²) in [6.07, 6.45) is 0.160. The first-order valence-corrected chi connectivity index (χ1v) is 9.17. The van der Waals surface area contributed by atoms with Crippen LogP contribution in [-0.4, -0.2) is 19.5 Å². The third kappa shape index (κ3) is 4.70. The van der Waals surface area contributed by atoms with E-state index < -0.39 is 7.60 Å². The molecular weight excluding hydrogens is 297 g/mol. The molecule has 22 heavy (non-hydrogen) atoms. The summed E-state index contributed by atoms with van der Waals surface area (Å²) in [6, 6.07) is 18.1. The van der Waals surface area contributed by atoms with E-state index in [1.807, 2.05) is 56.3 Å². The number of anilines is 1. The van der Waals surface area contributed by atoms with Crippen molar-refractivity contribution >= 4 is 13.3 Å². The molecule has 4 nitrogen and oxygen atoms in total. The molecule has 0 atom stereocenters. The molecule has 1 N–H and O–H groups in total. The van der Waals surface area contributed by atoms with Gasteiger partial charge in [0.25, 0.3) is 0 Å². The predicted octanol–water partition coefficient (Wildman–Crippen LogP) is 4.99. The largest absolute Gasteiger partial charge is 0.374 e. The van der Waals surface area contributed by atoms with E-state index in [1.54, 1.807) is 0 Å². The van der Waals surface area contributed by atoms with Gasteiger partial charge in [0.1, 0.15) is 6.29 Å². The average Bonchev–Trinajstić information content (AvgIpc) is 2.55. The first kappa shape index (κ1) is 16.8. The van der Waals surface area contributed by atoms with Gasteiger partial charge in [0.15, 0.2) is 0 Å². The zero-order chi connectivity index (χ0) is 15.8. The number of benzene rings is 2. The van der Waals surface area contributed by atoms with Crippen LogP contribution in [-0.2, 0) is 13.6 Å². The molecule has 118 valence electrons. The van der Waals surface area contributed by atoms with Gasteiger partial charge in [0, 0.05) is 5.69 Å². The van der Waals surface area contributed by atoms with Crippen LogP contribution in [0.15, 0.2) is 54.6 Å². The molecule has 0 aliphatic carbocycles. The second-order valence-corrected chi connectivity index (χ2v) is 6.78. The maximum absolute atomic E-state index is 12.4. The van der Waals surface area contributed by atoms with Crippen molar-refractivity contribution in [2.45, 2.75) is 13.8 Å². The van der Waals surface area contributed by atoms with E-state index in [0.717, 1.165) is 16.8 Å². The molecule has 2 rings (SSSR count). The van der Waals surface area contributed by atoms with Gasteiger partial charge in [-0.15, -0.1) is 0 Å². The SMILES string of the molecule is CCOP(=O)(CNc1cccc(-c2ccccc2)c1)OCC. The zero-order valence-corrected chi connectivity index (χ0v) is 13.9. The Morgan fingerprint density at radius 3 is 2.18 bits per heavy atom. The quantitative estimate of drug-likeness (QED) is 0.696. The van der Waals surface area contributed by atoms with Gasteiger partial charge in [-0.25, -0.2) is 0 Å². The van der Waals surface area contributed by atoms with Crippen LogP contribution < -0.4 is 5.32 Å². The minimum atomic E-state index is -3.08. The molecule has 0 aliphatic rings. The molecule has 0 bridgehead atoms. The van der Waals surface area contributed by atoms with Crippen LogP contribution >= 0.6 is 7.60 Å². The van der Waals surface area contributed by atoms with Crippen molar-refractivity contribution < 1.29 is 13.6 Å². The number of hydrogen-bond acceptors (Lipinski definition) is 4. The maximum atomic E-state index is 12.4. The normalized spacial score (nSPS) is 11.4. The van der Waals surface area contributed by atoms with Gasteiger partial charge in [-0.1, -0.05) is 42.5 Å². The summed E-state index contributed by atoms with van der Waals surface area (Å²) in [7, 11) is -3.08. The van der Waals surface area contributed by atoms with Crippen LogP contribution in [0.25, 0.3) is 11.1 Å². The highest BCUT2D eigenvalue weighted by molar-refractivity contribution is 7.53. The topological polar surface area (TPSA) is 47.6 Å². The second-order valence-electron chi connectivity index (χ2n) is 4.73. The molecule has 0 amide bonds. The fourth-order valence-electron chi connectivity index (χ4n) is 2.15. The highest BCUT2D eigenvalue weighted by Crippen LogP contribution is 2.47. The fourth-order valence-corrected chi connectivity index (χ4v) is 3.57. The van der Waals surface area contributed by atoms with E-state index in [9.17, 15) is 4.57 Å². The molecule has 0 saturated heterocycles. The smallest absolute Gasteiger partial charge is 0.349 e. The van der Waals surface area contributed by atoms with E-state index in [1.165, 1.54) is 0 Å². The zero-order valence-electron chi connectivity index (χ0n) is 13.0. The maximum Gasteiger partial charge on any atom is 0.349 e. The number of nitrogens with one attached hydrogen (secondary N) is 1. The van der Waals surface area contributed by atoms with Gasteiger partial charge in [-0.2, -0.15) is 0 Å². The van der Waals surface area contributed by atoms with E-state index in [2.05, 4.69) is 17.4 Å². The van der Waals surface area contributed by atoms with Crippen molar-refractivity contribution in [3.05, 3.63) is 54.6 Å². The Bertz CT molecular complexity index is 621. The van der Waals surface area contributed by atoms with E-state index in [-0.39, 0.29) is 6.29 Å². The van der Waals surface area contributed by atoms with Crippen molar-refractivity contribution in [1.29, 1.82) is 0 Å². The van der Waals surface area contributed by atoms with Crippen LogP contribution in [0.2, 0.25) is 0 Å². The molecule has 0 aliphatic heterocycles. The van der Waals surface area contributed by atoms with Crippen molar-refractivity contribution in [1.82, 2.24) is 0 Å². The van der Waals surface area contributed by atoms with Gasteiger partial charge in [-0.3, -0.25) is 4.57 Å². The molecule has 0 radical (unpaired) electrons. The summed E-state index contributed by atoms with van der Waals surface area (Å²) < 4.78 is 23.0. The molecular formula is C17H22NO3P. The summed E-state index contributed by atoms with van der Waals surface area (Å²) >= 11 is 0. The Balaban J connectivity index is 2.09. The molecule has 0 fully saturated rings. The Morgan fingerprint density at radius 1 is 0.909 bits per heavy atom. The molecule has 0 saturated carbocycles. The number of hydrogen-bond donors (Lipinski definition) is 1. The van der Waals surface area contributed by atoms with Gasteiger partial charge < -0.3 is 14.4 Å². The van der Waals surface area contributed by atoms with Crippen LogP contribution in [0.4, 0.5) is 5.69 Å². The van der Waals surface area contributed by atoms with Crippen molar-refractivity contribution in [3.8, 4) is 11.1 Å². The molecule has 2 aromatic carbocycles. The highest BCUT2D eigenvalue weighted by atomic mass is 31.2. The summed E-state index contributed by atoms with van der Waals surface area (Å²) in [5, 5.41) is 3.15. The lowest BCUT2D eigenvalue weighted by Gasteiger charge is -2.18. The molecule has 0 spiro atoms. The standard InChI is InChI=1S/C17H22NO3P/c1-3-20-22(19,21-4-2)14-18-17-12-8-11-16(13-17)15-9-6-5-7-10-15/h5-13,18H,3-4,14H2,1-2H3. The van der Waals surface area contributed by atoms with E-state index in [4.69, 9.17) is 9.05 Å². The Labute approximate surface area is 132 Å². The highest BCUT2D eigenvalue weighted by Gasteiger charge is 2.22. The van der Waals surface area contributed by atoms with Crippen molar-refractivity contribution in [2.24, 2.45) is 0 Å². The summed E-state index contributed by atoms with van der Waals surface area (Å²) in [6.45, 7) is 4.34. The first-order valence-electron chi connectivity index (χ1n) is 7.44. The lowest BCUT2D eigenvalue weighted by atomic mass is 10.1. The van der Waals surface area contributed by atoms with Crippen LogP contribution in [0.3, 0.4) is 0 Å².